The second-order valence-corrected chi connectivity index (χ2v) is 6.52. The number of thiocarbonyl (C=S) groups is 1. The highest BCUT2D eigenvalue weighted by Gasteiger charge is 2.30. The minimum atomic E-state index is -0.723. The van der Waals surface area contributed by atoms with Crippen molar-refractivity contribution in [2.45, 2.75) is 12.6 Å². The molecule has 132 valence electrons. The first-order valence-corrected chi connectivity index (χ1v) is 8.55. The number of hydrogen-bond acceptors (Lipinski definition) is 4. The largest absolute Gasteiger partial charge is 0.496 e. The smallest absolute Gasteiger partial charge is 0.173 e. The van der Waals surface area contributed by atoms with Gasteiger partial charge in [0.2, 0.25) is 0 Å². The summed E-state index contributed by atoms with van der Waals surface area (Å²) in [5.74, 6) is 1.35. The zero-order valence-corrected chi connectivity index (χ0v) is 15.5. The molecule has 0 saturated carbocycles. The van der Waals surface area contributed by atoms with Crippen molar-refractivity contribution >= 4 is 34.6 Å². The fourth-order valence-corrected chi connectivity index (χ4v) is 3.35. The molecule has 3 rings (SSSR count). The van der Waals surface area contributed by atoms with Gasteiger partial charge in [0, 0.05) is 28.4 Å². The fourth-order valence-electron chi connectivity index (χ4n) is 2.97. The average Bonchev–Trinajstić information content (AvgIpc) is 2.62. The molecule has 0 aliphatic carbocycles. The van der Waals surface area contributed by atoms with Gasteiger partial charge < -0.3 is 24.8 Å². The van der Waals surface area contributed by atoms with Crippen LogP contribution in [0.3, 0.4) is 0 Å². The molecule has 0 bridgehead atoms. The summed E-state index contributed by atoms with van der Waals surface area (Å²) in [6, 6.07) is 10.9. The second-order valence-electron chi connectivity index (χ2n) is 5.70. The molecule has 1 atom stereocenters. The number of halogens is 1. The van der Waals surface area contributed by atoms with Crippen LogP contribution in [-0.4, -0.2) is 35.9 Å². The van der Waals surface area contributed by atoms with E-state index in [9.17, 15) is 5.11 Å². The molecule has 1 aliphatic rings. The third-order valence-corrected chi connectivity index (χ3v) is 4.78. The lowest BCUT2D eigenvalue weighted by atomic mass is 9.95. The summed E-state index contributed by atoms with van der Waals surface area (Å²) < 4.78 is 10.8. The Morgan fingerprint density at radius 2 is 1.80 bits per heavy atom. The summed E-state index contributed by atoms with van der Waals surface area (Å²) in [7, 11) is 3.20. The van der Waals surface area contributed by atoms with Gasteiger partial charge in [-0.1, -0.05) is 11.6 Å². The van der Waals surface area contributed by atoms with Crippen molar-refractivity contribution in [2.24, 2.45) is 0 Å². The lowest BCUT2D eigenvalue weighted by Gasteiger charge is -2.35. The SMILES string of the molecule is COc1ccc(OC)c2c1CN(C(=S)Nc1ccc(Cl)cc1)C[C@@H]2O. The van der Waals surface area contributed by atoms with Gasteiger partial charge in [-0.2, -0.15) is 0 Å². The fraction of sp³-hybridized carbons (Fsp3) is 0.278. The minimum absolute atomic E-state index is 0.371. The summed E-state index contributed by atoms with van der Waals surface area (Å²) in [6.07, 6.45) is -0.723. The molecular weight excluding hydrogens is 360 g/mol. The molecule has 0 radical (unpaired) electrons. The molecule has 0 saturated heterocycles. The Morgan fingerprint density at radius 3 is 2.44 bits per heavy atom. The van der Waals surface area contributed by atoms with Gasteiger partial charge in [-0.3, -0.25) is 0 Å². The van der Waals surface area contributed by atoms with E-state index in [1.807, 2.05) is 23.1 Å². The highest BCUT2D eigenvalue weighted by atomic mass is 35.5. The van der Waals surface area contributed by atoms with E-state index in [4.69, 9.17) is 33.3 Å². The first-order valence-electron chi connectivity index (χ1n) is 7.76. The highest BCUT2D eigenvalue weighted by molar-refractivity contribution is 7.80. The van der Waals surface area contributed by atoms with E-state index in [0.717, 1.165) is 16.8 Å². The lowest BCUT2D eigenvalue weighted by Crippen LogP contribution is -2.41. The van der Waals surface area contributed by atoms with Gasteiger partial charge in [-0.05, 0) is 48.6 Å². The summed E-state index contributed by atoms with van der Waals surface area (Å²) in [5, 5.41) is 15.0. The number of aliphatic hydroxyl groups is 1. The van der Waals surface area contributed by atoms with Gasteiger partial charge in [0.1, 0.15) is 17.6 Å². The van der Waals surface area contributed by atoms with Crippen LogP contribution in [0.15, 0.2) is 36.4 Å². The van der Waals surface area contributed by atoms with Gasteiger partial charge in [0.15, 0.2) is 5.11 Å². The van der Waals surface area contributed by atoms with Crippen molar-refractivity contribution in [2.75, 3.05) is 26.1 Å². The predicted octanol–water partition coefficient (Wildman–Crippen LogP) is 3.60. The molecule has 0 aromatic heterocycles. The number of hydrogen-bond donors (Lipinski definition) is 2. The maximum Gasteiger partial charge on any atom is 0.173 e. The first-order chi connectivity index (χ1) is 12.0. The summed E-state index contributed by atoms with van der Waals surface area (Å²) in [4.78, 5) is 1.90. The Balaban J connectivity index is 1.85. The van der Waals surface area contributed by atoms with Crippen molar-refractivity contribution < 1.29 is 14.6 Å². The van der Waals surface area contributed by atoms with Crippen molar-refractivity contribution in [1.29, 1.82) is 0 Å². The van der Waals surface area contributed by atoms with Crippen molar-refractivity contribution in [3.63, 3.8) is 0 Å². The van der Waals surface area contributed by atoms with Gasteiger partial charge in [-0.15, -0.1) is 0 Å². The van der Waals surface area contributed by atoms with Gasteiger partial charge in [0.25, 0.3) is 0 Å². The molecule has 1 heterocycles. The monoisotopic (exact) mass is 378 g/mol. The number of nitrogens with zero attached hydrogens (tertiary/aromatic N) is 1. The summed E-state index contributed by atoms with van der Waals surface area (Å²) in [5.41, 5.74) is 2.47. The molecule has 2 aromatic rings. The van der Waals surface area contributed by atoms with Crippen LogP contribution >= 0.6 is 23.8 Å². The van der Waals surface area contributed by atoms with E-state index in [-0.39, 0.29) is 0 Å². The van der Waals surface area contributed by atoms with Crippen LogP contribution in [0, 0.1) is 0 Å². The van der Waals surface area contributed by atoms with Gasteiger partial charge >= 0.3 is 0 Å². The van der Waals surface area contributed by atoms with Crippen molar-refractivity contribution in [3.8, 4) is 11.5 Å². The minimum Gasteiger partial charge on any atom is -0.496 e. The highest BCUT2D eigenvalue weighted by Crippen LogP contribution is 2.39. The number of benzene rings is 2. The second kappa shape index (κ2) is 7.47. The number of β-amino-alcohol motifs (C(OH)–C–C–N with tert-alkyl or cyclic N) is 1. The number of methoxy groups -OCH3 is 2. The lowest BCUT2D eigenvalue weighted by molar-refractivity contribution is 0.123. The number of ether oxygens (including phenoxy) is 2. The van der Waals surface area contributed by atoms with E-state index in [0.29, 0.717) is 34.7 Å². The third-order valence-electron chi connectivity index (χ3n) is 4.17. The molecule has 5 nitrogen and oxygen atoms in total. The zero-order valence-electron chi connectivity index (χ0n) is 14.0. The number of fused-ring (bicyclic) bond motifs is 1. The van der Waals surface area contributed by atoms with Crippen molar-refractivity contribution in [3.05, 3.63) is 52.5 Å². The van der Waals surface area contributed by atoms with Crippen molar-refractivity contribution in [1.82, 2.24) is 4.90 Å². The molecule has 2 N–H and O–H groups in total. The van der Waals surface area contributed by atoms with Gasteiger partial charge in [0.05, 0.1) is 20.8 Å². The molecule has 0 unspecified atom stereocenters. The Hall–Kier alpha value is -2.02. The van der Waals surface area contributed by atoms with E-state index < -0.39 is 6.10 Å². The Labute approximate surface area is 157 Å². The van der Waals surface area contributed by atoms with E-state index in [1.54, 1.807) is 32.4 Å². The van der Waals surface area contributed by atoms with E-state index in [2.05, 4.69) is 5.32 Å². The summed E-state index contributed by atoms with van der Waals surface area (Å²) in [6.45, 7) is 0.891. The van der Waals surface area contributed by atoms with Crippen LogP contribution in [0.1, 0.15) is 17.2 Å². The van der Waals surface area contributed by atoms with E-state index in [1.165, 1.54) is 0 Å². The zero-order chi connectivity index (χ0) is 18.0. The van der Waals surface area contributed by atoms with Crippen LogP contribution in [0.25, 0.3) is 0 Å². The standard InChI is InChI=1S/C18H19ClN2O3S/c1-23-15-7-8-16(24-2)17-13(15)9-21(10-14(17)22)18(25)20-12-5-3-11(19)4-6-12/h3-8,14,22H,9-10H2,1-2H3,(H,20,25)/t14-/m0/s1. The molecular formula is C18H19ClN2O3S. The topological polar surface area (TPSA) is 54.0 Å². The molecule has 25 heavy (non-hydrogen) atoms. The predicted molar refractivity (Wildman–Crippen MR) is 103 cm³/mol. The number of anilines is 1. The maximum absolute atomic E-state index is 10.6. The van der Waals surface area contributed by atoms with Crippen LogP contribution < -0.4 is 14.8 Å². The van der Waals surface area contributed by atoms with Crippen LogP contribution in [0.2, 0.25) is 5.02 Å². The number of rotatable bonds is 3. The van der Waals surface area contributed by atoms with Crippen LogP contribution in [0.4, 0.5) is 5.69 Å². The Bertz CT molecular complexity index is 783. The quantitative estimate of drug-likeness (QED) is 0.796. The Morgan fingerprint density at radius 1 is 1.16 bits per heavy atom. The van der Waals surface area contributed by atoms with E-state index >= 15 is 0 Å². The maximum atomic E-state index is 10.6. The molecule has 0 amide bonds. The third kappa shape index (κ3) is 3.66. The summed E-state index contributed by atoms with van der Waals surface area (Å²) >= 11 is 11.4. The molecule has 2 aromatic carbocycles. The van der Waals surface area contributed by atoms with Crippen LogP contribution in [-0.2, 0) is 6.54 Å². The van der Waals surface area contributed by atoms with Crippen LogP contribution in [0.5, 0.6) is 11.5 Å². The normalized spacial score (nSPS) is 16.2. The Kier molecular flexibility index (Phi) is 5.32. The average molecular weight is 379 g/mol. The molecule has 0 spiro atoms. The molecule has 0 fully saturated rings. The number of nitrogens with one attached hydrogen (secondary N) is 1. The number of aliphatic hydroxyl groups excluding tert-OH is 1. The molecule has 7 heteroatoms. The van der Waals surface area contributed by atoms with Gasteiger partial charge in [-0.25, -0.2) is 0 Å². The first kappa shape index (κ1) is 17.8. The molecule has 1 aliphatic heterocycles.